The Morgan fingerprint density at radius 1 is 1.11 bits per heavy atom. The van der Waals surface area contributed by atoms with Crippen LogP contribution in [0, 0.1) is 0 Å². The summed E-state index contributed by atoms with van der Waals surface area (Å²) in [6.07, 6.45) is -0.650. The number of carbonyl (C=O) groups is 3. The molecule has 152 valence electrons. The predicted molar refractivity (Wildman–Crippen MR) is 95.5 cm³/mol. The molecule has 28 heavy (non-hydrogen) atoms. The standard InChI is InChI=1S/C20H24O8/c1-11(21)24-15-9-14(26-17(10-15)25-12(2)22)8-13-6-5-7-16-18(13)19(23)28-20(3,4)27-16/h5-7,14-15,17H,8-10H2,1-4H3/t14-,15+,17-/m0/s1. The molecule has 2 aliphatic heterocycles. The van der Waals surface area contributed by atoms with E-state index in [2.05, 4.69) is 0 Å². The second-order valence-electron chi connectivity index (χ2n) is 7.39. The van der Waals surface area contributed by atoms with Gasteiger partial charge in [-0.05, 0) is 18.1 Å². The van der Waals surface area contributed by atoms with E-state index in [0.717, 1.165) is 0 Å². The van der Waals surface area contributed by atoms with Crippen molar-refractivity contribution in [3.63, 3.8) is 0 Å². The number of cyclic esters (lactones) is 1. The number of hydrogen-bond donors (Lipinski definition) is 0. The molecule has 3 rings (SSSR count). The molecule has 2 aliphatic rings. The van der Waals surface area contributed by atoms with Crippen LogP contribution in [0.1, 0.15) is 56.5 Å². The van der Waals surface area contributed by atoms with E-state index in [1.807, 2.05) is 0 Å². The minimum absolute atomic E-state index is 0.266. The van der Waals surface area contributed by atoms with Crippen molar-refractivity contribution in [1.82, 2.24) is 0 Å². The molecule has 0 amide bonds. The number of ether oxygens (including phenoxy) is 5. The maximum Gasteiger partial charge on any atom is 0.345 e. The number of esters is 3. The third-order valence-corrected chi connectivity index (χ3v) is 4.41. The number of carbonyl (C=O) groups excluding carboxylic acids is 3. The van der Waals surface area contributed by atoms with E-state index in [9.17, 15) is 14.4 Å². The Labute approximate surface area is 163 Å². The van der Waals surface area contributed by atoms with Gasteiger partial charge in [-0.3, -0.25) is 9.59 Å². The molecule has 0 aromatic heterocycles. The first-order valence-electron chi connectivity index (χ1n) is 9.17. The van der Waals surface area contributed by atoms with Gasteiger partial charge in [-0.2, -0.15) is 0 Å². The van der Waals surface area contributed by atoms with Gasteiger partial charge in [0.1, 0.15) is 17.4 Å². The quantitative estimate of drug-likeness (QED) is 0.570. The molecule has 1 saturated heterocycles. The Balaban J connectivity index is 1.81. The zero-order chi connectivity index (χ0) is 20.5. The summed E-state index contributed by atoms with van der Waals surface area (Å²) in [5.74, 6) is -1.95. The first-order valence-corrected chi connectivity index (χ1v) is 9.17. The molecule has 0 aliphatic carbocycles. The lowest BCUT2D eigenvalue weighted by atomic mass is 9.94. The van der Waals surface area contributed by atoms with Crippen LogP contribution in [0.3, 0.4) is 0 Å². The lowest BCUT2D eigenvalue weighted by Gasteiger charge is -2.35. The van der Waals surface area contributed by atoms with Crippen molar-refractivity contribution in [2.45, 2.75) is 71.2 Å². The lowest BCUT2D eigenvalue weighted by Crippen LogP contribution is -2.41. The van der Waals surface area contributed by atoms with Gasteiger partial charge in [-0.25, -0.2) is 4.79 Å². The van der Waals surface area contributed by atoms with Gasteiger partial charge in [0.05, 0.1) is 6.10 Å². The number of hydrogen-bond acceptors (Lipinski definition) is 8. The third kappa shape index (κ3) is 4.81. The number of rotatable bonds is 4. The summed E-state index contributed by atoms with van der Waals surface area (Å²) in [4.78, 5) is 35.2. The molecule has 8 nitrogen and oxygen atoms in total. The van der Waals surface area contributed by atoms with Crippen molar-refractivity contribution in [3.8, 4) is 5.75 Å². The van der Waals surface area contributed by atoms with Crippen LogP contribution in [-0.2, 0) is 35.0 Å². The van der Waals surface area contributed by atoms with Crippen molar-refractivity contribution in [3.05, 3.63) is 29.3 Å². The second kappa shape index (κ2) is 7.79. The molecule has 0 N–H and O–H groups in total. The number of fused-ring (bicyclic) bond motifs is 1. The topological polar surface area (TPSA) is 97.4 Å². The first-order chi connectivity index (χ1) is 13.1. The van der Waals surface area contributed by atoms with Gasteiger partial charge >= 0.3 is 17.9 Å². The average molecular weight is 392 g/mol. The minimum atomic E-state index is -1.04. The molecule has 0 saturated carbocycles. The Morgan fingerprint density at radius 3 is 2.50 bits per heavy atom. The van der Waals surface area contributed by atoms with Gasteiger partial charge in [-0.15, -0.1) is 0 Å². The van der Waals surface area contributed by atoms with Crippen molar-refractivity contribution in [2.24, 2.45) is 0 Å². The fourth-order valence-corrected chi connectivity index (χ4v) is 3.52. The molecule has 0 unspecified atom stereocenters. The van der Waals surface area contributed by atoms with E-state index in [1.165, 1.54) is 13.8 Å². The normalized spacial score (nSPS) is 25.7. The summed E-state index contributed by atoms with van der Waals surface area (Å²) in [5.41, 5.74) is 1.04. The molecule has 1 aromatic rings. The molecule has 1 aromatic carbocycles. The zero-order valence-corrected chi connectivity index (χ0v) is 16.4. The molecule has 8 heteroatoms. The second-order valence-corrected chi connectivity index (χ2v) is 7.39. The Bertz CT molecular complexity index is 760. The van der Waals surface area contributed by atoms with E-state index in [1.54, 1.807) is 32.0 Å². The highest BCUT2D eigenvalue weighted by atomic mass is 16.7. The predicted octanol–water partition coefficient (Wildman–Crippen LogP) is 2.51. The number of benzene rings is 1. The summed E-state index contributed by atoms with van der Waals surface area (Å²) in [6.45, 7) is 5.95. The van der Waals surface area contributed by atoms with Gasteiger partial charge in [0.2, 0.25) is 12.1 Å². The maximum absolute atomic E-state index is 12.5. The Hall–Kier alpha value is -2.61. The van der Waals surface area contributed by atoms with Gasteiger partial charge in [0, 0.05) is 40.5 Å². The molecule has 0 bridgehead atoms. The summed E-state index contributed by atoms with van der Waals surface area (Å²) < 4.78 is 27.4. The fourth-order valence-electron chi connectivity index (χ4n) is 3.52. The van der Waals surface area contributed by atoms with Gasteiger partial charge in [0.25, 0.3) is 0 Å². The first kappa shape index (κ1) is 20.1. The largest absolute Gasteiger partial charge is 0.462 e. The summed E-state index contributed by atoms with van der Waals surface area (Å²) in [5, 5.41) is 0. The van der Waals surface area contributed by atoms with Gasteiger partial charge in [0.15, 0.2) is 0 Å². The van der Waals surface area contributed by atoms with Crippen LogP contribution in [0.15, 0.2) is 18.2 Å². The van der Waals surface area contributed by atoms with Crippen molar-refractivity contribution in [1.29, 1.82) is 0 Å². The van der Waals surface area contributed by atoms with Crippen LogP contribution in [0.4, 0.5) is 0 Å². The lowest BCUT2D eigenvalue weighted by molar-refractivity contribution is -0.218. The molecule has 1 fully saturated rings. The highest BCUT2D eigenvalue weighted by Gasteiger charge is 2.38. The van der Waals surface area contributed by atoms with Crippen LogP contribution >= 0.6 is 0 Å². The fraction of sp³-hybridized carbons (Fsp3) is 0.550. The van der Waals surface area contributed by atoms with Crippen LogP contribution in [-0.4, -0.2) is 42.2 Å². The molecule has 0 spiro atoms. The molecule has 3 atom stereocenters. The van der Waals surface area contributed by atoms with Crippen LogP contribution in [0.5, 0.6) is 5.75 Å². The minimum Gasteiger partial charge on any atom is -0.462 e. The van der Waals surface area contributed by atoms with E-state index in [-0.39, 0.29) is 6.42 Å². The smallest absolute Gasteiger partial charge is 0.345 e. The highest BCUT2D eigenvalue weighted by Crippen LogP contribution is 2.35. The van der Waals surface area contributed by atoms with Crippen molar-refractivity contribution in [2.75, 3.05) is 0 Å². The van der Waals surface area contributed by atoms with Gasteiger partial charge in [-0.1, -0.05) is 12.1 Å². The zero-order valence-electron chi connectivity index (χ0n) is 16.4. The summed E-state index contributed by atoms with van der Waals surface area (Å²) >= 11 is 0. The monoisotopic (exact) mass is 392 g/mol. The summed E-state index contributed by atoms with van der Waals surface area (Å²) in [7, 11) is 0. The van der Waals surface area contributed by atoms with E-state index < -0.39 is 42.2 Å². The van der Waals surface area contributed by atoms with E-state index >= 15 is 0 Å². The Morgan fingerprint density at radius 2 is 1.82 bits per heavy atom. The molecular formula is C20H24O8. The average Bonchev–Trinajstić information content (AvgIpc) is 2.51. The third-order valence-electron chi connectivity index (χ3n) is 4.41. The molecular weight excluding hydrogens is 368 g/mol. The molecule has 0 radical (unpaired) electrons. The Kier molecular flexibility index (Phi) is 5.60. The van der Waals surface area contributed by atoms with Crippen LogP contribution in [0.2, 0.25) is 0 Å². The van der Waals surface area contributed by atoms with Crippen LogP contribution in [0.25, 0.3) is 0 Å². The summed E-state index contributed by atoms with van der Waals surface area (Å²) in [6, 6.07) is 5.30. The van der Waals surface area contributed by atoms with Crippen molar-refractivity contribution >= 4 is 17.9 Å². The highest BCUT2D eigenvalue weighted by molar-refractivity contribution is 5.95. The van der Waals surface area contributed by atoms with E-state index in [4.69, 9.17) is 23.7 Å². The van der Waals surface area contributed by atoms with E-state index in [0.29, 0.717) is 29.7 Å². The van der Waals surface area contributed by atoms with Crippen LogP contribution < -0.4 is 4.74 Å². The molecule has 2 heterocycles. The maximum atomic E-state index is 12.5. The van der Waals surface area contributed by atoms with Crippen molar-refractivity contribution < 1.29 is 38.1 Å². The van der Waals surface area contributed by atoms with Gasteiger partial charge < -0.3 is 23.7 Å². The SMILES string of the molecule is CC(=O)O[C@@H]1C[C@H](Cc2cccc3c2C(=O)OC(C)(C)O3)O[C@H](OC(C)=O)C1.